The molecule has 2 aromatic heterocycles. The maximum Gasteiger partial charge on any atom is 0.234 e. The lowest BCUT2D eigenvalue weighted by Crippen LogP contribution is -2.13. The van der Waals surface area contributed by atoms with Gasteiger partial charge < -0.3 is 5.32 Å². The number of hydrogen-bond acceptors (Lipinski definition) is 7. The largest absolute Gasteiger partial charge is 0.324 e. The molecule has 0 aliphatic heterocycles. The first-order valence-electron chi connectivity index (χ1n) is 8.48. The zero-order chi connectivity index (χ0) is 19.1. The van der Waals surface area contributed by atoms with Crippen molar-refractivity contribution < 1.29 is 4.79 Å². The van der Waals surface area contributed by atoms with Crippen LogP contribution in [-0.4, -0.2) is 26.8 Å². The van der Waals surface area contributed by atoms with Crippen LogP contribution < -0.4 is 5.32 Å². The summed E-state index contributed by atoms with van der Waals surface area (Å²) in [6.07, 6.45) is 3.29. The van der Waals surface area contributed by atoms with Crippen molar-refractivity contribution >= 4 is 46.5 Å². The molecule has 27 heavy (non-hydrogen) atoms. The van der Waals surface area contributed by atoms with Crippen LogP contribution in [0.2, 0.25) is 0 Å². The van der Waals surface area contributed by atoms with Crippen LogP contribution in [0, 0.1) is 0 Å². The second-order valence-corrected chi connectivity index (χ2v) is 9.52. The Balaban J connectivity index is 1.44. The van der Waals surface area contributed by atoms with Crippen LogP contribution in [0.5, 0.6) is 0 Å². The molecule has 0 bridgehead atoms. The molecule has 0 spiro atoms. The van der Waals surface area contributed by atoms with Gasteiger partial charge in [0, 0.05) is 11.9 Å². The molecule has 0 aliphatic carbocycles. The predicted octanol–water partition coefficient (Wildman–Crippen LogP) is 5.08. The zero-order valence-corrected chi connectivity index (χ0v) is 17.5. The monoisotopic (exact) mass is 416 g/mol. The fourth-order valence-corrected chi connectivity index (χ4v) is 4.99. The van der Waals surface area contributed by atoms with E-state index in [1.807, 2.05) is 6.07 Å². The third kappa shape index (κ3) is 6.34. The van der Waals surface area contributed by atoms with Crippen LogP contribution in [0.3, 0.4) is 0 Å². The minimum Gasteiger partial charge on any atom is -0.324 e. The van der Waals surface area contributed by atoms with Crippen molar-refractivity contribution in [2.24, 2.45) is 0 Å². The summed E-state index contributed by atoms with van der Waals surface area (Å²) in [6.45, 7) is 4.39. The number of rotatable bonds is 8. The second kappa shape index (κ2) is 9.87. The minimum absolute atomic E-state index is 0.0809. The van der Waals surface area contributed by atoms with Gasteiger partial charge in [-0.25, -0.2) is 0 Å². The Kier molecular flexibility index (Phi) is 7.25. The number of carbonyl (C=O) groups excluding carboxylic acids is 1. The molecule has 0 radical (unpaired) electrons. The first-order valence-corrected chi connectivity index (χ1v) is 11.3. The molecule has 3 rings (SSSR count). The highest BCUT2D eigenvalue weighted by Gasteiger charge is 2.09. The zero-order valence-electron chi connectivity index (χ0n) is 15.1. The lowest BCUT2D eigenvalue weighted by atomic mass is 10.0. The summed E-state index contributed by atoms with van der Waals surface area (Å²) in [4.78, 5) is 15.9. The van der Waals surface area contributed by atoms with Gasteiger partial charge in [-0.05, 0) is 29.2 Å². The summed E-state index contributed by atoms with van der Waals surface area (Å²) in [5, 5.41) is 11.2. The van der Waals surface area contributed by atoms with E-state index < -0.39 is 0 Å². The van der Waals surface area contributed by atoms with E-state index in [1.165, 1.54) is 34.2 Å². The molecule has 3 aromatic rings. The first-order chi connectivity index (χ1) is 13.1. The van der Waals surface area contributed by atoms with E-state index in [0.717, 1.165) is 14.4 Å². The van der Waals surface area contributed by atoms with E-state index in [0.29, 0.717) is 17.4 Å². The van der Waals surface area contributed by atoms with Gasteiger partial charge in [0.25, 0.3) is 0 Å². The van der Waals surface area contributed by atoms with Crippen LogP contribution in [0.25, 0.3) is 0 Å². The molecule has 0 atom stereocenters. The quantitative estimate of drug-likeness (QED) is 0.517. The Morgan fingerprint density at radius 1 is 1.11 bits per heavy atom. The lowest BCUT2D eigenvalue weighted by molar-refractivity contribution is -0.113. The van der Waals surface area contributed by atoms with E-state index in [9.17, 15) is 4.79 Å². The number of anilines is 1. The molecule has 0 saturated heterocycles. The molecule has 1 aromatic carbocycles. The van der Waals surface area contributed by atoms with Crippen LogP contribution >= 0.6 is 34.9 Å². The van der Waals surface area contributed by atoms with E-state index in [2.05, 4.69) is 58.6 Å². The smallest absolute Gasteiger partial charge is 0.234 e. The van der Waals surface area contributed by atoms with Gasteiger partial charge in [-0.1, -0.05) is 73.0 Å². The topological polar surface area (TPSA) is 67.8 Å². The second-order valence-electron chi connectivity index (χ2n) is 6.10. The molecule has 1 amide bonds. The highest BCUT2D eigenvalue weighted by molar-refractivity contribution is 8.03. The molecule has 0 fully saturated rings. The van der Waals surface area contributed by atoms with Gasteiger partial charge in [-0.3, -0.25) is 9.78 Å². The van der Waals surface area contributed by atoms with Crippen molar-refractivity contribution in [2.45, 2.75) is 34.2 Å². The number of nitrogens with zero attached hydrogens (tertiary/aromatic N) is 3. The molecule has 1 N–H and O–H groups in total. The van der Waals surface area contributed by atoms with Gasteiger partial charge in [0.2, 0.25) is 5.91 Å². The third-order valence-electron chi connectivity index (χ3n) is 3.67. The summed E-state index contributed by atoms with van der Waals surface area (Å²) in [7, 11) is 0. The van der Waals surface area contributed by atoms with Gasteiger partial charge >= 0.3 is 0 Å². The van der Waals surface area contributed by atoms with Crippen molar-refractivity contribution in [3.63, 3.8) is 0 Å². The Morgan fingerprint density at radius 3 is 2.52 bits per heavy atom. The van der Waals surface area contributed by atoms with E-state index in [4.69, 9.17) is 0 Å². The lowest BCUT2D eigenvalue weighted by Gasteiger charge is -2.06. The predicted molar refractivity (Wildman–Crippen MR) is 114 cm³/mol. The normalized spacial score (nSPS) is 10.9. The van der Waals surface area contributed by atoms with E-state index >= 15 is 0 Å². The SMILES string of the molecule is CC(C)c1ccc(CSc2nnc(SCC(=O)Nc3cccnc3)s2)cc1. The van der Waals surface area contributed by atoms with Crippen molar-refractivity contribution in [2.75, 3.05) is 11.1 Å². The number of amides is 1. The summed E-state index contributed by atoms with van der Waals surface area (Å²) < 4.78 is 1.71. The van der Waals surface area contributed by atoms with Crippen LogP contribution in [0.15, 0.2) is 57.5 Å². The van der Waals surface area contributed by atoms with Crippen LogP contribution in [0.4, 0.5) is 5.69 Å². The molecule has 5 nitrogen and oxygen atoms in total. The Bertz CT molecular complexity index is 866. The summed E-state index contributed by atoms with van der Waals surface area (Å²) in [5.41, 5.74) is 3.31. The average Bonchev–Trinajstić information content (AvgIpc) is 3.14. The summed E-state index contributed by atoms with van der Waals surface area (Å²) >= 11 is 4.58. The molecular formula is C19H20N4OS3. The minimum atomic E-state index is -0.0809. The standard InChI is InChI=1S/C19H20N4OS3/c1-13(2)15-7-5-14(6-8-15)11-25-18-22-23-19(27-18)26-12-17(24)21-16-4-3-9-20-10-16/h3-10,13H,11-12H2,1-2H3,(H,21,24). The third-order valence-corrected chi connectivity index (χ3v) is 6.93. The fourth-order valence-electron chi connectivity index (χ4n) is 2.22. The molecule has 0 saturated carbocycles. The highest BCUT2D eigenvalue weighted by Crippen LogP contribution is 2.31. The highest BCUT2D eigenvalue weighted by atomic mass is 32.2. The Labute approximate surface area is 171 Å². The van der Waals surface area contributed by atoms with Gasteiger partial charge in [-0.15, -0.1) is 10.2 Å². The van der Waals surface area contributed by atoms with E-state index in [-0.39, 0.29) is 5.91 Å². The fraction of sp³-hybridized carbons (Fsp3) is 0.263. The summed E-state index contributed by atoms with van der Waals surface area (Å²) in [6, 6.07) is 12.3. The Hall–Kier alpha value is -1.90. The molecule has 8 heteroatoms. The van der Waals surface area contributed by atoms with Gasteiger partial charge in [0.1, 0.15) is 0 Å². The van der Waals surface area contributed by atoms with Crippen molar-refractivity contribution in [1.29, 1.82) is 0 Å². The first kappa shape index (κ1) is 19.9. The number of aromatic nitrogens is 3. The van der Waals surface area contributed by atoms with Crippen LogP contribution in [0.1, 0.15) is 30.9 Å². The van der Waals surface area contributed by atoms with Gasteiger partial charge in [-0.2, -0.15) is 0 Å². The van der Waals surface area contributed by atoms with Crippen LogP contribution in [-0.2, 0) is 10.5 Å². The maximum atomic E-state index is 12.0. The average molecular weight is 417 g/mol. The number of hydrogen-bond donors (Lipinski definition) is 1. The number of pyridine rings is 1. The molecule has 140 valence electrons. The van der Waals surface area contributed by atoms with Gasteiger partial charge in [0.15, 0.2) is 8.68 Å². The van der Waals surface area contributed by atoms with Gasteiger partial charge in [0.05, 0.1) is 17.6 Å². The molecular weight excluding hydrogens is 396 g/mol. The number of thioether (sulfide) groups is 2. The Morgan fingerprint density at radius 2 is 1.85 bits per heavy atom. The number of carbonyl (C=O) groups is 1. The van der Waals surface area contributed by atoms with Crippen molar-refractivity contribution in [1.82, 2.24) is 15.2 Å². The maximum absolute atomic E-state index is 12.0. The van der Waals surface area contributed by atoms with E-state index in [1.54, 1.807) is 30.2 Å². The van der Waals surface area contributed by atoms with Crippen molar-refractivity contribution in [3.8, 4) is 0 Å². The molecule has 0 aliphatic rings. The molecule has 0 unspecified atom stereocenters. The number of nitrogens with one attached hydrogen (secondary N) is 1. The van der Waals surface area contributed by atoms with Crippen molar-refractivity contribution in [3.05, 3.63) is 59.9 Å². The number of benzene rings is 1. The molecule has 2 heterocycles. The summed E-state index contributed by atoms with van der Waals surface area (Å²) in [5.74, 6) is 1.62.